The molecule has 0 aliphatic heterocycles. The van der Waals surface area contributed by atoms with Crippen molar-refractivity contribution < 1.29 is 12.8 Å². The van der Waals surface area contributed by atoms with Gasteiger partial charge in [0.05, 0.1) is 12.3 Å². The quantitative estimate of drug-likeness (QED) is 0.824. The van der Waals surface area contributed by atoms with Gasteiger partial charge >= 0.3 is 0 Å². The molecule has 0 saturated heterocycles. The van der Waals surface area contributed by atoms with Crippen LogP contribution in [0.2, 0.25) is 0 Å². The highest BCUT2D eigenvalue weighted by molar-refractivity contribution is 7.90. The maximum Gasteiger partial charge on any atom is 0.148 e. The summed E-state index contributed by atoms with van der Waals surface area (Å²) in [6.07, 6.45) is 1.26. The summed E-state index contributed by atoms with van der Waals surface area (Å²) in [6, 6.07) is 3.94. The monoisotopic (exact) mass is 273 g/mol. The first-order valence-electron chi connectivity index (χ1n) is 6.03. The van der Waals surface area contributed by atoms with Crippen LogP contribution in [0, 0.1) is 0 Å². The van der Waals surface area contributed by atoms with E-state index < -0.39 is 9.84 Å². The van der Waals surface area contributed by atoms with Crippen molar-refractivity contribution in [2.75, 3.05) is 25.6 Å². The summed E-state index contributed by atoms with van der Waals surface area (Å²) in [7, 11) is -1.01. The lowest BCUT2D eigenvalue weighted by Gasteiger charge is -2.16. The number of hydrogen-bond donors (Lipinski definition) is 0. The van der Waals surface area contributed by atoms with E-state index in [4.69, 9.17) is 4.42 Å². The SMILES string of the molecule is CN(CCS(C)(=O)=O)Cc1ccc(C(C)(C)C)o1. The molecule has 1 aromatic rings. The molecule has 5 heteroatoms. The Balaban J connectivity index is 2.55. The highest BCUT2D eigenvalue weighted by atomic mass is 32.2. The van der Waals surface area contributed by atoms with Gasteiger partial charge < -0.3 is 4.42 Å². The molecule has 4 nitrogen and oxygen atoms in total. The third-order valence-electron chi connectivity index (χ3n) is 2.67. The van der Waals surface area contributed by atoms with Gasteiger partial charge in [-0.15, -0.1) is 0 Å². The van der Waals surface area contributed by atoms with Crippen LogP contribution in [-0.4, -0.2) is 38.9 Å². The molecule has 1 aromatic heterocycles. The zero-order valence-electron chi connectivity index (χ0n) is 11.9. The van der Waals surface area contributed by atoms with Gasteiger partial charge in [-0.3, -0.25) is 4.90 Å². The Bertz CT molecular complexity index is 483. The van der Waals surface area contributed by atoms with E-state index in [0.29, 0.717) is 13.1 Å². The van der Waals surface area contributed by atoms with Crippen LogP contribution < -0.4 is 0 Å². The second-order valence-electron chi connectivity index (χ2n) is 5.88. The van der Waals surface area contributed by atoms with Crippen LogP contribution in [0.25, 0.3) is 0 Å². The van der Waals surface area contributed by atoms with Crippen LogP contribution in [0.1, 0.15) is 32.3 Å². The van der Waals surface area contributed by atoms with Crippen molar-refractivity contribution in [2.45, 2.75) is 32.7 Å². The molecule has 0 aliphatic rings. The Hall–Kier alpha value is -0.810. The Morgan fingerprint density at radius 3 is 2.33 bits per heavy atom. The van der Waals surface area contributed by atoms with Crippen molar-refractivity contribution in [1.82, 2.24) is 4.90 Å². The maximum atomic E-state index is 11.1. The van der Waals surface area contributed by atoms with Crippen molar-refractivity contribution in [3.05, 3.63) is 23.7 Å². The van der Waals surface area contributed by atoms with Crippen molar-refractivity contribution in [1.29, 1.82) is 0 Å². The van der Waals surface area contributed by atoms with Crippen molar-refractivity contribution in [3.8, 4) is 0 Å². The minimum Gasteiger partial charge on any atom is -0.464 e. The second kappa shape index (κ2) is 5.45. The largest absolute Gasteiger partial charge is 0.464 e. The van der Waals surface area contributed by atoms with Crippen LogP contribution >= 0.6 is 0 Å². The molecule has 1 rings (SSSR count). The highest BCUT2D eigenvalue weighted by Gasteiger charge is 2.18. The molecular formula is C13H23NO3S. The van der Waals surface area contributed by atoms with E-state index in [2.05, 4.69) is 20.8 Å². The molecule has 0 atom stereocenters. The van der Waals surface area contributed by atoms with Gasteiger partial charge in [0.1, 0.15) is 21.4 Å². The summed E-state index contributed by atoms with van der Waals surface area (Å²) in [5.41, 5.74) is 0.00355. The number of rotatable bonds is 5. The van der Waals surface area contributed by atoms with Gasteiger partial charge in [0.15, 0.2) is 0 Å². The predicted molar refractivity (Wildman–Crippen MR) is 73.5 cm³/mol. The maximum absolute atomic E-state index is 11.1. The molecule has 104 valence electrons. The summed E-state index contributed by atoms with van der Waals surface area (Å²) >= 11 is 0. The van der Waals surface area contributed by atoms with Crippen molar-refractivity contribution in [2.24, 2.45) is 0 Å². The van der Waals surface area contributed by atoms with Gasteiger partial charge in [-0.05, 0) is 19.2 Å². The Morgan fingerprint density at radius 2 is 1.89 bits per heavy atom. The molecule has 0 aliphatic carbocycles. The van der Waals surface area contributed by atoms with Crippen LogP contribution in [0.5, 0.6) is 0 Å². The van der Waals surface area contributed by atoms with Gasteiger partial charge in [-0.2, -0.15) is 0 Å². The normalized spacial score (nSPS) is 13.2. The Kier molecular flexibility index (Phi) is 4.61. The average Bonchev–Trinajstić information content (AvgIpc) is 2.61. The number of hydrogen-bond acceptors (Lipinski definition) is 4. The molecule has 1 heterocycles. The molecule has 0 saturated carbocycles. The summed E-state index contributed by atoms with van der Waals surface area (Å²) in [5, 5.41) is 0. The molecule has 0 aromatic carbocycles. The fraction of sp³-hybridized carbons (Fsp3) is 0.692. The predicted octanol–water partition coefficient (Wildman–Crippen LogP) is 2.05. The van der Waals surface area contributed by atoms with Gasteiger partial charge in [-0.25, -0.2) is 8.42 Å². The lowest BCUT2D eigenvalue weighted by Crippen LogP contribution is -2.24. The van der Waals surface area contributed by atoms with Crippen LogP contribution in [0.4, 0.5) is 0 Å². The molecule has 18 heavy (non-hydrogen) atoms. The summed E-state index contributed by atoms with van der Waals surface area (Å²) in [6.45, 7) is 7.45. The van der Waals surface area contributed by atoms with E-state index in [1.807, 2.05) is 24.1 Å². The first kappa shape index (κ1) is 15.2. The first-order valence-corrected chi connectivity index (χ1v) is 8.09. The fourth-order valence-electron chi connectivity index (χ4n) is 1.53. The summed E-state index contributed by atoms with van der Waals surface area (Å²) in [4.78, 5) is 1.95. The molecule has 0 unspecified atom stereocenters. The molecule has 0 bridgehead atoms. The number of furan rings is 1. The molecular weight excluding hydrogens is 250 g/mol. The second-order valence-corrected chi connectivity index (χ2v) is 8.14. The Morgan fingerprint density at radius 1 is 1.28 bits per heavy atom. The number of nitrogens with zero attached hydrogens (tertiary/aromatic N) is 1. The van der Waals surface area contributed by atoms with E-state index in [0.717, 1.165) is 11.5 Å². The summed E-state index contributed by atoms with van der Waals surface area (Å²) < 4.78 is 27.9. The van der Waals surface area contributed by atoms with Crippen molar-refractivity contribution >= 4 is 9.84 Å². The van der Waals surface area contributed by atoms with E-state index in [-0.39, 0.29) is 11.2 Å². The van der Waals surface area contributed by atoms with Crippen LogP contribution in [-0.2, 0) is 21.8 Å². The molecule has 0 amide bonds. The lowest BCUT2D eigenvalue weighted by molar-refractivity contribution is 0.293. The van der Waals surface area contributed by atoms with Crippen LogP contribution in [0.15, 0.2) is 16.5 Å². The van der Waals surface area contributed by atoms with E-state index in [9.17, 15) is 8.42 Å². The molecule has 0 radical (unpaired) electrons. The zero-order chi connectivity index (χ0) is 14.0. The van der Waals surface area contributed by atoms with Crippen molar-refractivity contribution in [3.63, 3.8) is 0 Å². The van der Waals surface area contributed by atoms with Gasteiger partial charge in [0, 0.05) is 18.2 Å². The number of sulfone groups is 1. The minimum absolute atomic E-state index is 0.00355. The van der Waals surface area contributed by atoms with E-state index in [1.54, 1.807) is 0 Å². The standard InChI is InChI=1S/C13H23NO3S/c1-13(2,3)12-7-6-11(17-12)10-14(4)8-9-18(5,15)16/h6-7H,8-10H2,1-5H3. The van der Waals surface area contributed by atoms with E-state index >= 15 is 0 Å². The lowest BCUT2D eigenvalue weighted by atomic mass is 9.94. The van der Waals surface area contributed by atoms with E-state index in [1.165, 1.54) is 6.26 Å². The van der Waals surface area contributed by atoms with Gasteiger partial charge in [-0.1, -0.05) is 20.8 Å². The molecule has 0 fully saturated rings. The minimum atomic E-state index is -2.90. The van der Waals surface area contributed by atoms with Crippen LogP contribution in [0.3, 0.4) is 0 Å². The highest BCUT2D eigenvalue weighted by Crippen LogP contribution is 2.24. The first-order chi connectivity index (χ1) is 8.08. The zero-order valence-corrected chi connectivity index (χ0v) is 12.7. The van der Waals surface area contributed by atoms with Gasteiger partial charge in [0.2, 0.25) is 0 Å². The molecule has 0 spiro atoms. The smallest absolute Gasteiger partial charge is 0.148 e. The molecule has 0 N–H and O–H groups in total. The summed E-state index contributed by atoms with van der Waals surface area (Å²) in [5.74, 6) is 2.00. The van der Waals surface area contributed by atoms with Gasteiger partial charge in [0.25, 0.3) is 0 Å². The average molecular weight is 273 g/mol. The Labute approximate surface area is 110 Å². The third kappa shape index (κ3) is 5.23. The fourth-order valence-corrected chi connectivity index (χ4v) is 2.18. The topological polar surface area (TPSA) is 50.5 Å². The third-order valence-corrected chi connectivity index (χ3v) is 3.59.